The van der Waals surface area contributed by atoms with Gasteiger partial charge in [-0.3, -0.25) is 4.79 Å². The van der Waals surface area contributed by atoms with Crippen molar-refractivity contribution in [1.29, 1.82) is 0 Å². The first-order valence-corrected chi connectivity index (χ1v) is 7.10. The zero-order valence-electron chi connectivity index (χ0n) is 10.9. The average Bonchev–Trinajstić information content (AvgIpc) is 2.34. The number of aryl methyl sites for hydroxylation is 1. The highest BCUT2D eigenvalue weighted by Gasteiger charge is 2.24. The molecule has 1 aromatic rings. The first-order chi connectivity index (χ1) is 8.58. The molecule has 4 heteroatoms. The van der Waals surface area contributed by atoms with Crippen molar-refractivity contribution in [2.75, 3.05) is 19.6 Å². The van der Waals surface area contributed by atoms with Gasteiger partial charge >= 0.3 is 0 Å². The van der Waals surface area contributed by atoms with Crippen molar-refractivity contribution in [3.8, 4) is 0 Å². The molecule has 18 heavy (non-hydrogen) atoms. The van der Waals surface area contributed by atoms with E-state index in [0.717, 1.165) is 30.5 Å². The Kier molecular flexibility index (Phi) is 4.40. The highest BCUT2D eigenvalue weighted by Crippen LogP contribution is 2.19. The molecule has 1 aliphatic heterocycles. The quantitative estimate of drug-likeness (QED) is 0.907. The monoisotopic (exact) mass is 310 g/mol. The van der Waals surface area contributed by atoms with E-state index in [9.17, 15) is 4.79 Å². The third-order valence-electron chi connectivity index (χ3n) is 3.45. The summed E-state index contributed by atoms with van der Waals surface area (Å²) in [5.41, 5.74) is 2.53. The van der Waals surface area contributed by atoms with Gasteiger partial charge in [0.2, 0.25) is 5.91 Å². The van der Waals surface area contributed by atoms with E-state index >= 15 is 0 Å². The summed E-state index contributed by atoms with van der Waals surface area (Å²) in [7, 11) is 0. The van der Waals surface area contributed by atoms with Crippen LogP contribution in [0.3, 0.4) is 0 Å². The molecule has 0 spiro atoms. The van der Waals surface area contributed by atoms with Crippen LogP contribution in [-0.4, -0.2) is 36.5 Å². The maximum atomic E-state index is 11.6. The van der Waals surface area contributed by atoms with E-state index in [4.69, 9.17) is 0 Å². The van der Waals surface area contributed by atoms with E-state index in [2.05, 4.69) is 46.4 Å². The molecular weight excluding hydrogens is 292 g/mol. The highest BCUT2D eigenvalue weighted by atomic mass is 79.9. The summed E-state index contributed by atoms with van der Waals surface area (Å²) in [5, 5.41) is 3.36. The molecule has 1 unspecified atom stereocenters. The molecule has 1 aromatic carbocycles. The Bertz CT molecular complexity index is 447. The summed E-state index contributed by atoms with van der Waals surface area (Å²) in [5.74, 6) is 0.176. The molecule has 1 atom stereocenters. The molecule has 0 bridgehead atoms. The van der Waals surface area contributed by atoms with Crippen LogP contribution in [0.4, 0.5) is 0 Å². The fourth-order valence-electron chi connectivity index (χ4n) is 2.46. The van der Waals surface area contributed by atoms with E-state index < -0.39 is 0 Å². The number of nitrogens with zero attached hydrogens (tertiary/aromatic N) is 1. The number of carbonyl (C=O) groups excluding carboxylic acids is 1. The van der Waals surface area contributed by atoms with Crippen LogP contribution in [0.1, 0.15) is 18.1 Å². The normalized spacial score (nSPS) is 19.9. The van der Waals surface area contributed by atoms with Gasteiger partial charge in [0.25, 0.3) is 0 Å². The average molecular weight is 311 g/mol. The van der Waals surface area contributed by atoms with Crippen molar-refractivity contribution >= 4 is 21.8 Å². The van der Waals surface area contributed by atoms with E-state index in [0.29, 0.717) is 0 Å². The van der Waals surface area contributed by atoms with Crippen LogP contribution in [0.15, 0.2) is 22.7 Å². The van der Waals surface area contributed by atoms with E-state index in [1.54, 1.807) is 6.92 Å². The van der Waals surface area contributed by atoms with Gasteiger partial charge in [-0.15, -0.1) is 0 Å². The number of rotatable bonds is 2. The number of halogens is 1. The van der Waals surface area contributed by atoms with Crippen molar-refractivity contribution in [2.24, 2.45) is 0 Å². The Morgan fingerprint density at radius 3 is 3.00 bits per heavy atom. The second-order valence-corrected chi connectivity index (χ2v) is 5.71. The van der Waals surface area contributed by atoms with Gasteiger partial charge in [-0.25, -0.2) is 0 Å². The number of hydrogen-bond acceptors (Lipinski definition) is 2. The standard InChI is InChI=1S/C14H19BrN2O/c1-10-7-12(3-4-14(10)15)8-13-9-16-5-6-17(13)11(2)18/h3-4,7,13,16H,5-6,8-9H2,1-2H3. The maximum absolute atomic E-state index is 11.6. The van der Waals surface area contributed by atoms with Gasteiger partial charge in [-0.05, 0) is 30.5 Å². The van der Waals surface area contributed by atoms with Gasteiger partial charge < -0.3 is 10.2 Å². The summed E-state index contributed by atoms with van der Waals surface area (Å²) in [6, 6.07) is 6.68. The van der Waals surface area contributed by atoms with E-state index in [1.807, 2.05) is 4.90 Å². The minimum Gasteiger partial charge on any atom is -0.337 e. The molecule has 0 radical (unpaired) electrons. The Morgan fingerprint density at radius 2 is 2.33 bits per heavy atom. The fourth-order valence-corrected chi connectivity index (χ4v) is 2.71. The minimum absolute atomic E-state index is 0.176. The van der Waals surface area contributed by atoms with Crippen molar-refractivity contribution in [3.63, 3.8) is 0 Å². The first-order valence-electron chi connectivity index (χ1n) is 6.31. The van der Waals surface area contributed by atoms with Crippen LogP contribution < -0.4 is 5.32 Å². The summed E-state index contributed by atoms with van der Waals surface area (Å²) in [6.07, 6.45) is 0.917. The number of benzene rings is 1. The first kappa shape index (κ1) is 13.6. The molecule has 3 nitrogen and oxygen atoms in total. The smallest absolute Gasteiger partial charge is 0.219 e. The van der Waals surface area contributed by atoms with Crippen LogP contribution in [0.5, 0.6) is 0 Å². The second kappa shape index (κ2) is 5.85. The molecule has 1 amide bonds. The number of amides is 1. The molecule has 0 aliphatic carbocycles. The van der Waals surface area contributed by atoms with Crippen molar-refractivity contribution in [1.82, 2.24) is 10.2 Å². The topological polar surface area (TPSA) is 32.3 Å². The fraction of sp³-hybridized carbons (Fsp3) is 0.500. The summed E-state index contributed by atoms with van der Waals surface area (Å²) in [6.45, 7) is 6.35. The Labute approximate surface area is 117 Å². The zero-order valence-corrected chi connectivity index (χ0v) is 12.5. The molecular formula is C14H19BrN2O. The van der Waals surface area contributed by atoms with Crippen LogP contribution in [0.25, 0.3) is 0 Å². The van der Waals surface area contributed by atoms with Crippen LogP contribution >= 0.6 is 15.9 Å². The highest BCUT2D eigenvalue weighted by molar-refractivity contribution is 9.10. The van der Waals surface area contributed by atoms with Crippen molar-refractivity contribution < 1.29 is 4.79 Å². The predicted octanol–water partition coefficient (Wildman–Crippen LogP) is 2.12. The predicted molar refractivity (Wildman–Crippen MR) is 76.6 cm³/mol. The molecule has 1 fully saturated rings. The maximum Gasteiger partial charge on any atom is 0.219 e. The molecule has 0 saturated carbocycles. The minimum atomic E-state index is 0.176. The molecule has 1 N–H and O–H groups in total. The van der Waals surface area contributed by atoms with Gasteiger partial charge in [-0.2, -0.15) is 0 Å². The molecule has 1 aliphatic rings. The van der Waals surface area contributed by atoms with Crippen LogP contribution in [0.2, 0.25) is 0 Å². The van der Waals surface area contributed by atoms with Gasteiger partial charge in [0.1, 0.15) is 0 Å². The number of nitrogens with one attached hydrogen (secondary N) is 1. The lowest BCUT2D eigenvalue weighted by atomic mass is 10.0. The third kappa shape index (κ3) is 3.12. The lowest BCUT2D eigenvalue weighted by molar-refractivity contribution is -0.131. The Hall–Kier alpha value is -0.870. The summed E-state index contributed by atoms with van der Waals surface area (Å²) in [4.78, 5) is 13.6. The van der Waals surface area contributed by atoms with Crippen molar-refractivity contribution in [2.45, 2.75) is 26.3 Å². The second-order valence-electron chi connectivity index (χ2n) is 4.86. The van der Waals surface area contributed by atoms with Gasteiger partial charge in [0.15, 0.2) is 0 Å². The van der Waals surface area contributed by atoms with Gasteiger partial charge in [-0.1, -0.05) is 28.1 Å². The molecule has 1 saturated heterocycles. The van der Waals surface area contributed by atoms with Gasteiger partial charge in [0.05, 0.1) is 0 Å². The third-order valence-corrected chi connectivity index (χ3v) is 4.34. The van der Waals surface area contributed by atoms with Crippen LogP contribution in [-0.2, 0) is 11.2 Å². The summed E-state index contributed by atoms with van der Waals surface area (Å²) < 4.78 is 1.14. The lowest BCUT2D eigenvalue weighted by Gasteiger charge is -2.35. The van der Waals surface area contributed by atoms with Gasteiger partial charge in [0, 0.05) is 37.1 Å². The van der Waals surface area contributed by atoms with Crippen molar-refractivity contribution in [3.05, 3.63) is 33.8 Å². The number of piperazine rings is 1. The van der Waals surface area contributed by atoms with Crippen LogP contribution in [0, 0.1) is 6.92 Å². The number of hydrogen-bond donors (Lipinski definition) is 1. The SMILES string of the molecule is CC(=O)N1CCNCC1Cc1ccc(Br)c(C)c1. The van der Waals surface area contributed by atoms with E-state index in [-0.39, 0.29) is 11.9 Å². The Balaban J connectivity index is 2.10. The Morgan fingerprint density at radius 1 is 1.56 bits per heavy atom. The summed E-state index contributed by atoms with van der Waals surface area (Å²) >= 11 is 3.51. The lowest BCUT2D eigenvalue weighted by Crippen LogP contribution is -2.53. The van der Waals surface area contributed by atoms with E-state index in [1.165, 1.54) is 11.1 Å². The number of carbonyl (C=O) groups is 1. The molecule has 98 valence electrons. The zero-order chi connectivity index (χ0) is 13.1. The molecule has 0 aromatic heterocycles. The molecule has 1 heterocycles. The largest absolute Gasteiger partial charge is 0.337 e. The molecule has 2 rings (SSSR count).